The number of amides is 1. The van der Waals surface area contributed by atoms with Crippen molar-refractivity contribution in [3.63, 3.8) is 0 Å². The molecule has 162 valence electrons. The second kappa shape index (κ2) is 9.10. The molecule has 0 spiro atoms. The van der Waals surface area contributed by atoms with Crippen LogP contribution in [0.2, 0.25) is 0 Å². The van der Waals surface area contributed by atoms with Gasteiger partial charge in [-0.3, -0.25) is 14.1 Å². The summed E-state index contributed by atoms with van der Waals surface area (Å²) < 4.78 is 1.94. The zero-order chi connectivity index (χ0) is 21.9. The van der Waals surface area contributed by atoms with Crippen LogP contribution in [0, 0.1) is 6.92 Å². The lowest BCUT2D eigenvalue weighted by Crippen LogP contribution is -2.48. The number of fused-ring (bicyclic) bond motifs is 1. The molecule has 0 radical (unpaired) electrons. The molecule has 0 N–H and O–H groups in total. The fourth-order valence-electron chi connectivity index (χ4n) is 4.00. The first-order valence-corrected chi connectivity index (χ1v) is 11.8. The van der Waals surface area contributed by atoms with Gasteiger partial charge in [0, 0.05) is 49.9 Å². The van der Waals surface area contributed by atoms with Crippen LogP contribution in [-0.4, -0.2) is 57.8 Å². The number of imidazole rings is 1. The third-order valence-electron chi connectivity index (χ3n) is 5.91. The van der Waals surface area contributed by atoms with Gasteiger partial charge in [-0.15, -0.1) is 11.3 Å². The minimum Gasteiger partial charge on any atom is -0.335 e. The first-order chi connectivity index (χ1) is 15.7. The summed E-state index contributed by atoms with van der Waals surface area (Å²) in [6.07, 6.45) is 6.34. The van der Waals surface area contributed by atoms with Crippen LogP contribution in [0.1, 0.15) is 21.6 Å². The highest BCUT2D eigenvalue weighted by atomic mass is 32.1. The van der Waals surface area contributed by atoms with E-state index in [0.717, 1.165) is 48.9 Å². The number of benzene rings is 2. The van der Waals surface area contributed by atoms with E-state index >= 15 is 0 Å². The maximum atomic E-state index is 13.2. The van der Waals surface area contributed by atoms with Crippen molar-refractivity contribution in [2.24, 2.45) is 0 Å². The molecule has 3 heterocycles. The van der Waals surface area contributed by atoms with Crippen LogP contribution < -0.4 is 0 Å². The third kappa shape index (κ3) is 4.38. The Kier molecular flexibility index (Phi) is 5.88. The van der Waals surface area contributed by atoms with E-state index < -0.39 is 0 Å². The van der Waals surface area contributed by atoms with Gasteiger partial charge < -0.3 is 4.90 Å². The number of hydrogen-bond donors (Lipinski definition) is 0. The predicted octanol–water partition coefficient (Wildman–Crippen LogP) is 4.84. The van der Waals surface area contributed by atoms with Crippen molar-refractivity contribution in [2.75, 3.05) is 32.7 Å². The molecule has 0 saturated carbocycles. The molecule has 1 amide bonds. The molecule has 32 heavy (non-hydrogen) atoms. The summed E-state index contributed by atoms with van der Waals surface area (Å²) in [5, 5.41) is 1.93. The van der Waals surface area contributed by atoms with E-state index in [4.69, 9.17) is 4.98 Å². The predicted molar refractivity (Wildman–Crippen MR) is 131 cm³/mol. The fourth-order valence-corrected chi connectivity index (χ4v) is 4.85. The van der Waals surface area contributed by atoms with Gasteiger partial charge in [0.25, 0.3) is 5.91 Å². The Hall–Kier alpha value is -3.22. The monoisotopic (exact) mass is 442 g/mol. The summed E-state index contributed by atoms with van der Waals surface area (Å²) in [5.41, 5.74) is 5.12. The molecule has 0 aliphatic carbocycles. The molecule has 1 saturated heterocycles. The second-order valence-corrected chi connectivity index (χ2v) is 9.01. The van der Waals surface area contributed by atoms with E-state index in [1.807, 2.05) is 26.9 Å². The lowest BCUT2D eigenvalue weighted by molar-refractivity contribution is 0.0644. The molecule has 5 nitrogen and oxygen atoms in total. The Bertz CT molecular complexity index is 1230. The van der Waals surface area contributed by atoms with E-state index in [0.29, 0.717) is 5.69 Å². The normalized spacial score (nSPS) is 15.1. The highest BCUT2D eigenvalue weighted by Gasteiger charge is 2.24. The summed E-state index contributed by atoms with van der Waals surface area (Å²) in [5.74, 6) is 0.0867. The van der Waals surface area contributed by atoms with Gasteiger partial charge in [0.2, 0.25) is 0 Å². The summed E-state index contributed by atoms with van der Waals surface area (Å²) in [4.78, 5) is 23.2. The number of thiazole rings is 1. The molecule has 0 atom stereocenters. The van der Waals surface area contributed by atoms with Crippen molar-refractivity contribution in [3.05, 3.63) is 89.1 Å². The number of carbonyl (C=O) groups is 1. The molecule has 2 aromatic carbocycles. The largest absolute Gasteiger partial charge is 0.335 e. The van der Waals surface area contributed by atoms with Crippen LogP contribution in [0.25, 0.3) is 22.3 Å². The zero-order valence-electron chi connectivity index (χ0n) is 18.1. The number of nitrogens with zero attached hydrogens (tertiary/aromatic N) is 4. The van der Waals surface area contributed by atoms with Crippen molar-refractivity contribution in [1.29, 1.82) is 0 Å². The first kappa shape index (κ1) is 20.7. The fraction of sp³-hybridized carbons (Fsp3) is 0.231. The average molecular weight is 443 g/mol. The highest BCUT2D eigenvalue weighted by molar-refractivity contribution is 7.15. The van der Waals surface area contributed by atoms with Gasteiger partial charge in [0.1, 0.15) is 5.69 Å². The molecule has 2 aromatic heterocycles. The molecule has 1 aliphatic heterocycles. The van der Waals surface area contributed by atoms with Gasteiger partial charge in [0.05, 0.1) is 5.69 Å². The topological polar surface area (TPSA) is 40.9 Å². The van der Waals surface area contributed by atoms with E-state index in [9.17, 15) is 4.79 Å². The maximum Gasteiger partial charge on any atom is 0.271 e. The van der Waals surface area contributed by atoms with Gasteiger partial charge in [-0.05, 0) is 12.5 Å². The minimum atomic E-state index is 0.0867. The summed E-state index contributed by atoms with van der Waals surface area (Å²) in [6, 6.07) is 18.7. The summed E-state index contributed by atoms with van der Waals surface area (Å²) in [7, 11) is 0. The van der Waals surface area contributed by atoms with Crippen LogP contribution in [-0.2, 0) is 0 Å². The van der Waals surface area contributed by atoms with E-state index in [1.54, 1.807) is 0 Å². The van der Waals surface area contributed by atoms with Crippen LogP contribution in [0.4, 0.5) is 0 Å². The van der Waals surface area contributed by atoms with Gasteiger partial charge in [-0.25, -0.2) is 4.98 Å². The number of aryl methyl sites for hydroxylation is 1. The standard InChI is InChI=1S/C26H26N4OS/c1-20-9-11-22(12-10-20)23-18-30-24(19-32-26(30)27-23)25(31)29-16-14-28(15-17-29)13-5-8-21-6-3-2-4-7-21/h2-12,18-19H,13-17H2,1H3/b8-5+. The van der Waals surface area contributed by atoms with E-state index in [1.165, 1.54) is 22.5 Å². The molecule has 0 bridgehead atoms. The molecule has 0 unspecified atom stereocenters. The summed E-state index contributed by atoms with van der Waals surface area (Å²) >= 11 is 1.52. The van der Waals surface area contributed by atoms with Crippen molar-refractivity contribution in [2.45, 2.75) is 6.92 Å². The lowest BCUT2D eigenvalue weighted by Gasteiger charge is -2.34. The van der Waals surface area contributed by atoms with Crippen molar-refractivity contribution >= 4 is 28.3 Å². The van der Waals surface area contributed by atoms with Gasteiger partial charge in [0.15, 0.2) is 4.96 Å². The van der Waals surface area contributed by atoms with Gasteiger partial charge in [-0.1, -0.05) is 72.3 Å². The number of carbonyl (C=O) groups excluding carboxylic acids is 1. The molecule has 4 aromatic rings. The first-order valence-electron chi connectivity index (χ1n) is 10.9. The quantitative estimate of drug-likeness (QED) is 0.444. The number of piperazine rings is 1. The third-order valence-corrected chi connectivity index (χ3v) is 6.75. The van der Waals surface area contributed by atoms with Crippen LogP contribution in [0.5, 0.6) is 0 Å². The Labute approximate surface area is 192 Å². The Morgan fingerprint density at radius 2 is 1.78 bits per heavy atom. The Balaban J connectivity index is 1.22. The molecule has 1 fully saturated rings. The number of hydrogen-bond acceptors (Lipinski definition) is 4. The Morgan fingerprint density at radius 3 is 2.53 bits per heavy atom. The Morgan fingerprint density at radius 1 is 1.03 bits per heavy atom. The number of aromatic nitrogens is 2. The molecular formula is C26H26N4OS. The molecule has 5 rings (SSSR count). The average Bonchev–Trinajstić information content (AvgIpc) is 3.41. The molecular weight excluding hydrogens is 416 g/mol. The maximum absolute atomic E-state index is 13.2. The number of rotatable bonds is 5. The van der Waals surface area contributed by atoms with Crippen LogP contribution >= 0.6 is 11.3 Å². The molecule has 6 heteroatoms. The van der Waals surface area contributed by atoms with Crippen molar-refractivity contribution < 1.29 is 4.79 Å². The van der Waals surface area contributed by atoms with Crippen molar-refractivity contribution in [3.8, 4) is 11.3 Å². The SMILES string of the molecule is Cc1ccc(-c2cn3c(C(=O)N4CCN(C/C=C/c5ccccc5)CC4)csc3n2)cc1. The lowest BCUT2D eigenvalue weighted by atomic mass is 10.1. The zero-order valence-corrected chi connectivity index (χ0v) is 19.0. The smallest absolute Gasteiger partial charge is 0.271 e. The second-order valence-electron chi connectivity index (χ2n) is 8.17. The van der Waals surface area contributed by atoms with E-state index in [-0.39, 0.29) is 5.91 Å². The minimum absolute atomic E-state index is 0.0867. The summed E-state index contributed by atoms with van der Waals surface area (Å²) in [6.45, 7) is 6.24. The van der Waals surface area contributed by atoms with Gasteiger partial charge in [-0.2, -0.15) is 0 Å². The van der Waals surface area contributed by atoms with Crippen LogP contribution in [0.15, 0.2) is 72.3 Å². The van der Waals surface area contributed by atoms with E-state index in [2.05, 4.69) is 72.5 Å². The highest BCUT2D eigenvalue weighted by Crippen LogP contribution is 2.25. The molecule has 1 aliphatic rings. The van der Waals surface area contributed by atoms with Crippen molar-refractivity contribution in [1.82, 2.24) is 19.2 Å². The van der Waals surface area contributed by atoms with Gasteiger partial charge >= 0.3 is 0 Å². The van der Waals surface area contributed by atoms with Crippen LogP contribution in [0.3, 0.4) is 0 Å².